The normalized spacial score (nSPS) is 15.4. The minimum absolute atomic E-state index is 0.102. The van der Waals surface area contributed by atoms with Gasteiger partial charge in [0.1, 0.15) is 23.9 Å². The maximum absolute atomic E-state index is 13.6. The summed E-state index contributed by atoms with van der Waals surface area (Å²) >= 11 is 4.89. The van der Waals surface area contributed by atoms with E-state index in [1.807, 2.05) is 12.1 Å². The highest BCUT2D eigenvalue weighted by molar-refractivity contribution is 7.80. The van der Waals surface area contributed by atoms with Crippen LogP contribution in [0.4, 0.5) is 4.39 Å². The van der Waals surface area contributed by atoms with Crippen LogP contribution in [0, 0.1) is 5.82 Å². The summed E-state index contributed by atoms with van der Waals surface area (Å²) in [6.07, 6.45) is 1.64. The Morgan fingerprint density at radius 3 is 2.57 bits per heavy atom. The highest BCUT2D eigenvalue weighted by Crippen LogP contribution is 2.22. The molecule has 1 aliphatic rings. The van der Waals surface area contributed by atoms with Crippen LogP contribution >= 0.6 is 12.2 Å². The van der Waals surface area contributed by atoms with Crippen molar-refractivity contribution in [3.8, 4) is 5.75 Å². The van der Waals surface area contributed by atoms with Crippen LogP contribution in [-0.4, -0.2) is 11.0 Å². The Labute approximate surface area is 138 Å². The fourth-order valence-electron chi connectivity index (χ4n) is 2.14. The Morgan fingerprint density at radius 2 is 1.83 bits per heavy atom. The van der Waals surface area contributed by atoms with E-state index in [9.17, 15) is 9.18 Å². The van der Waals surface area contributed by atoms with Crippen molar-refractivity contribution < 1.29 is 13.9 Å². The molecule has 0 unspecified atom stereocenters. The van der Waals surface area contributed by atoms with Gasteiger partial charge in [-0.2, -0.15) is 0 Å². The van der Waals surface area contributed by atoms with Crippen LogP contribution in [-0.2, 0) is 11.4 Å². The Morgan fingerprint density at radius 1 is 1.09 bits per heavy atom. The fourth-order valence-corrected chi connectivity index (χ4v) is 2.34. The summed E-state index contributed by atoms with van der Waals surface area (Å²) in [6, 6.07) is 13.6. The third kappa shape index (κ3) is 3.54. The zero-order chi connectivity index (χ0) is 16.2. The lowest BCUT2D eigenvalue weighted by Gasteiger charge is -2.10. The van der Waals surface area contributed by atoms with Gasteiger partial charge in [0.05, 0.1) is 0 Å². The van der Waals surface area contributed by atoms with E-state index in [4.69, 9.17) is 17.0 Å². The van der Waals surface area contributed by atoms with E-state index in [1.165, 1.54) is 6.07 Å². The number of halogens is 1. The summed E-state index contributed by atoms with van der Waals surface area (Å²) in [5.74, 6) is -0.0555. The van der Waals surface area contributed by atoms with Crippen LogP contribution in [0.25, 0.3) is 6.08 Å². The fraction of sp³-hybridized carbons (Fsp3) is 0.0588. The van der Waals surface area contributed by atoms with Gasteiger partial charge in [-0.25, -0.2) is 4.39 Å². The van der Waals surface area contributed by atoms with E-state index >= 15 is 0 Å². The first-order chi connectivity index (χ1) is 11.1. The Kier molecular flexibility index (Phi) is 4.34. The molecule has 2 aromatic carbocycles. The van der Waals surface area contributed by atoms with E-state index in [0.717, 1.165) is 0 Å². The molecule has 1 heterocycles. The number of rotatable bonds is 4. The molecule has 2 N–H and O–H groups in total. The second kappa shape index (κ2) is 6.58. The molecule has 116 valence electrons. The van der Waals surface area contributed by atoms with Crippen LogP contribution in [0.2, 0.25) is 0 Å². The van der Waals surface area contributed by atoms with Crippen molar-refractivity contribution in [2.75, 3.05) is 0 Å². The van der Waals surface area contributed by atoms with Gasteiger partial charge in [0.15, 0.2) is 5.11 Å². The number of amides is 1. The van der Waals surface area contributed by atoms with E-state index in [1.54, 1.807) is 36.4 Å². The van der Waals surface area contributed by atoms with Gasteiger partial charge in [-0.1, -0.05) is 36.4 Å². The van der Waals surface area contributed by atoms with Gasteiger partial charge in [0.25, 0.3) is 5.91 Å². The van der Waals surface area contributed by atoms with Crippen LogP contribution < -0.4 is 15.4 Å². The summed E-state index contributed by atoms with van der Waals surface area (Å²) in [5.41, 5.74) is 1.51. The SMILES string of the molecule is O=C1NC(=S)N/C1=C/c1ccccc1OCc1ccccc1F. The van der Waals surface area contributed by atoms with Crippen molar-refractivity contribution in [3.63, 3.8) is 0 Å². The molecule has 0 bridgehead atoms. The predicted octanol–water partition coefficient (Wildman–Crippen LogP) is 2.75. The minimum Gasteiger partial charge on any atom is -0.488 e. The molecule has 1 aliphatic heterocycles. The van der Waals surface area contributed by atoms with Crippen LogP contribution in [0.15, 0.2) is 54.2 Å². The molecule has 6 heteroatoms. The highest BCUT2D eigenvalue weighted by Gasteiger charge is 2.20. The zero-order valence-electron chi connectivity index (χ0n) is 12.0. The molecule has 23 heavy (non-hydrogen) atoms. The van der Waals surface area contributed by atoms with Gasteiger partial charge in [0.2, 0.25) is 0 Å². The maximum Gasteiger partial charge on any atom is 0.273 e. The molecular formula is C17H13FN2O2S. The second-order valence-corrected chi connectivity index (χ2v) is 5.29. The molecule has 0 aromatic heterocycles. The first-order valence-corrected chi connectivity index (χ1v) is 7.33. The standard InChI is InChI=1S/C17H13FN2O2S/c18-13-7-3-1-6-12(13)10-22-15-8-4-2-5-11(15)9-14-16(21)20-17(23)19-14/h1-9H,10H2,(H2,19,20,21,23)/b14-9+. The molecular weight excluding hydrogens is 315 g/mol. The number of ether oxygens (including phenoxy) is 1. The number of para-hydroxylation sites is 1. The van der Waals surface area contributed by atoms with Gasteiger partial charge in [0, 0.05) is 11.1 Å². The number of hydrogen-bond acceptors (Lipinski definition) is 3. The lowest BCUT2D eigenvalue weighted by atomic mass is 10.1. The molecule has 4 nitrogen and oxygen atoms in total. The van der Waals surface area contributed by atoms with E-state index in [0.29, 0.717) is 22.6 Å². The molecule has 1 saturated heterocycles. The average molecular weight is 328 g/mol. The third-order valence-electron chi connectivity index (χ3n) is 3.28. The van der Waals surface area contributed by atoms with Crippen molar-refractivity contribution in [3.05, 3.63) is 71.2 Å². The quantitative estimate of drug-likeness (QED) is 0.669. The topological polar surface area (TPSA) is 50.4 Å². The lowest BCUT2D eigenvalue weighted by molar-refractivity contribution is -0.115. The molecule has 3 rings (SSSR count). The van der Waals surface area contributed by atoms with Crippen molar-refractivity contribution in [2.24, 2.45) is 0 Å². The summed E-state index contributed by atoms with van der Waals surface area (Å²) in [6.45, 7) is 0.102. The Hall–Kier alpha value is -2.73. The van der Waals surface area contributed by atoms with Crippen LogP contribution in [0.3, 0.4) is 0 Å². The van der Waals surface area contributed by atoms with Crippen molar-refractivity contribution in [1.29, 1.82) is 0 Å². The minimum atomic E-state index is -0.314. The van der Waals surface area contributed by atoms with Gasteiger partial charge >= 0.3 is 0 Å². The van der Waals surface area contributed by atoms with E-state index in [-0.39, 0.29) is 23.4 Å². The molecule has 1 fully saturated rings. The van der Waals surface area contributed by atoms with Gasteiger partial charge in [-0.05, 0) is 30.4 Å². The maximum atomic E-state index is 13.6. The van der Waals surface area contributed by atoms with Crippen molar-refractivity contribution in [1.82, 2.24) is 10.6 Å². The average Bonchev–Trinajstić information content (AvgIpc) is 2.85. The number of thiocarbonyl (C=S) groups is 1. The summed E-state index contributed by atoms with van der Waals surface area (Å²) in [5, 5.41) is 5.54. The van der Waals surface area contributed by atoms with Crippen LogP contribution in [0.1, 0.15) is 11.1 Å². The number of carbonyl (C=O) groups is 1. The second-order valence-electron chi connectivity index (χ2n) is 4.88. The van der Waals surface area contributed by atoms with E-state index < -0.39 is 0 Å². The molecule has 0 saturated carbocycles. The zero-order valence-corrected chi connectivity index (χ0v) is 12.8. The summed E-state index contributed by atoms with van der Waals surface area (Å²) in [7, 11) is 0. The first kappa shape index (κ1) is 15.2. The molecule has 0 spiro atoms. The summed E-state index contributed by atoms with van der Waals surface area (Å²) in [4.78, 5) is 11.7. The number of benzene rings is 2. The monoisotopic (exact) mass is 328 g/mol. The number of carbonyl (C=O) groups excluding carboxylic acids is 1. The molecule has 1 amide bonds. The third-order valence-corrected chi connectivity index (χ3v) is 3.48. The van der Waals surface area contributed by atoms with Crippen molar-refractivity contribution >= 4 is 29.3 Å². The van der Waals surface area contributed by atoms with Crippen molar-refractivity contribution in [2.45, 2.75) is 6.61 Å². The van der Waals surface area contributed by atoms with Crippen LogP contribution in [0.5, 0.6) is 5.75 Å². The highest BCUT2D eigenvalue weighted by atomic mass is 32.1. The van der Waals surface area contributed by atoms with Gasteiger partial charge in [-0.15, -0.1) is 0 Å². The summed E-state index contributed by atoms with van der Waals surface area (Å²) < 4.78 is 19.3. The predicted molar refractivity (Wildman–Crippen MR) is 89.0 cm³/mol. The molecule has 0 aliphatic carbocycles. The number of nitrogens with one attached hydrogen (secondary N) is 2. The molecule has 0 atom stereocenters. The Balaban J connectivity index is 1.81. The van der Waals surface area contributed by atoms with Gasteiger partial charge < -0.3 is 10.1 Å². The smallest absolute Gasteiger partial charge is 0.273 e. The number of hydrogen-bond donors (Lipinski definition) is 2. The lowest BCUT2D eigenvalue weighted by Crippen LogP contribution is -2.21. The first-order valence-electron chi connectivity index (χ1n) is 6.93. The van der Waals surface area contributed by atoms with Gasteiger partial charge in [-0.3, -0.25) is 10.1 Å². The Bertz CT molecular complexity index is 805. The largest absolute Gasteiger partial charge is 0.488 e. The van der Waals surface area contributed by atoms with E-state index in [2.05, 4.69) is 10.6 Å². The molecule has 2 aromatic rings. The molecule has 0 radical (unpaired) electrons.